The number of rotatable bonds is 2. The molecule has 2 rings (SSSR count). The van der Waals surface area contributed by atoms with Crippen molar-refractivity contribution < 1.29 is 0 Å². The Labute approximate surface area is 106 Å². The summed E-state index contributed by atoms with van der Waals surface area (Å²) >= 11 is 2.02. The number of hydrogen-bond acceptors (Lipinski definition) is 3. The molecule has 0 saturated carbocycles. The molecule has 0 radical (unpaired) electrons. The molecule has 16 heavy (non-hydrogen) atoms. The standard InChI is InChI=1S/C11H10IN3O/c1-2-8-9(12)11(16)15-10(14-8)7-4-3-5-13-6-7/h3-6H,2H2,1H3,(H,14,15,16). The lowest BCUT2D eigenvalue weighted by Gasteiger charge is -2.04. The van der Waals surface area contributed by atoms with Gasteiger partial charge in [-0.15, -0.1) is 0 Å². The fraction of sp³-hybridized carbons (Fsp3) is 0.182. The van der Waals surface area contributed by atoms with E-state index < -0.39 is 0 Å². The fourth-order valence-electron chi connectivity index (χ4n) is 1.38. The van der Waals surface area contributed by atoms with Crippen molar-refractivity contribution in [3.8, 4) is 11.4 Å². The van der Waals surface area contributed by atoms with Crippen molar-refractivity contribution in [1.29, 1.82) is 0 Å². The topological polar surface area (TPSA) is 58.6 Å². The number of pyridine rings is 1. The third-order valence-electron chi connectivity index (χ3n) is 2.20. The van der Waals surface area contributed by atoms with E-state index in [-0.39, 0.29) is 5.56 Å². The molecule has 0 amide bonds. The van der Waals surface area contributed by atoms with Crippen LogP contribution in [0.5, 0.6) is 0 Å². The molecule has 0 aromatic carbocycles. The van der Waals surface area contributed by atoms with Gasteiger partial charge in [0, 0.05) is 18.0 Å². The van der Waals surface area contributed by atoms with E-state index in [1.165, 1.54) is 0 Å². The van der Waals surface area contributed by atoms with Gasteiger partial charge in [0.1, 0.15) is 5.82 Å². The van der Waals surface area contributed by atoms with Gasteiger partial charge in [0.2, 0.25) is 0 Å². The Hall–Kier alpha value is -1.24. The summed E-state index contributed by atoms with van der Waals surface area (Å²) in [6, 6.07) is 3.69. The summed E-state index contributed by atoms with van der Waals surface area (Å²) in [5, 5.41) is 0. The van der Waals surface area contributed by atoms with Crippen molar-refractivity contribution in [3.05, 3.63) is 44.1 Å². The quantitative estimate of drug-likeness (QED) is 0.859. The number of nitrogens with one attached hydrogen (secondary N) is 1. The van der Waals surface area contributed by atoms with Crippen LogP contribution in [-0.4, -0.2) is 15.0 Å². The molecule has 0 aliphatic rings. The van der Waals surface area contributed by atoms with Crippen molar-refractivity contribution >= 4 is 22.6 Å². The lowest BCUT2D eigenvalue weighted by atomic mass is 10.2. The summed E-state index contributed by atoms with van der Waals surface area (Å²) < 4.78 is 0.660. The highest BCUT2D eigenvalue weighted by Gasteiger charge is 2.08. The normalized spacial score (nSPS) is 10.4. The van der Waals surface area contributed by atoms with Crippen molar-refractivity contribution in [2.75, 3.05) is 0 Å². The lowest BCUT2D eigenvalue weighted by Crippen LogP contribution is -2.16. The van der Waals surface area contributed by atoms with Crippen LogP contribution < -0.4 is 5.56 Å². The number of H-pyrrole nitrogens is 1. The third kappa shape index (κ3) is 2.13. The second kappa shape index (κ2) is 4.73. The fourth-order valence-corrected chi connectivity index (χ4v) is 2.02. The van der Waals surface area contributed by atoms with Gasteiger partial charge in [-0.25, -0.2) is 4.98 Å². The van der Waals surface area contributed by atoms with E-state index in [2.05, 4.69) is 15.0 Å². The van der Waals surface area contributed by atoms with Crippen LogP contribution in [0.2, 0.25) is 0 Å². The Morgan fingerprint density at radius 2 is 2.31 bits per heavy atom. The van der Waals surface area contributed by atoms with E-state index in [0.29, 0.717) is 9.39 Å². The van der Waals surface area contributed by atoms with Crippen LogP contribution in [0, 0.1) is 3.57 Å². The maximum Gasteiger partial charge on any atom is 0.264 e. The lowest BCUT2D eigenvalue weighted by molar-refractivity contribution is 0.967. The van der Waals surface area contributed by atoms with E-state index in [1.807, 2.05) is 41.6 Å². The van der Waals surface area contributed by atoms with Gasteiger partial charge in [-0.05, 0) is 41.1 Å². The van der Waals surface area contributed by atoms with Gasteiger partial charge in [0.15, 0.2) is 0 Å². The summed E-state index contributed by atoms with van der Waals surface area (Å²) in [6.07, 6.45) is 4.12. The monoisotopic (exact) mass is 327 g/mol. The highest BCUT2D eigenvalue weighted by atomic mass is 127. The molecular weight excluding hydrogens is 317 g/mol. The number of halogens is 1. The zero-order valence-corrected chi connectivity index (χ0v) is 10.9. The summed E-state index contributed by atoms with van der Waals surface area (Å²) in [7, 11) is 0. The summed E-state index contributed by atoms with van der Waals surface area (Å²) in [5.74, 6) is 0.579. The molecular formula is C11H10IN3O. The Morgan fingerprint density at radius 3 is 2.94 bits per heavy atom. The first-order valence-electron chi connectivity index (χ1n) is 4.91. The molecule has 0 saturated heterocycles. The molecule has 2 heterocycles. The van der Waals surface area contributed by atoms with Crippen LogP contribution >= 0.6 is 22.6 Å². The van der Waals surface area contributed by atoms with E-state index in [9.17, 15) is 4.79 Å². The molecule has 0 atom stereocenters. The van der Waals surface area contributed by atoms with Gasteiger partial charge in [0.25, 0.3) is 5.56 Å². The Balaban J connectivity index is 2.60. The highest BCUT2D eigenvalue weighted by Crippen LogP contribution is 2.13. The molecule has 0 spiro atoms. The van der Waals surface area contributed by atoms with Crippen LogP contribution in [-0.2, 0) is 6.42 Å². The van der Waals surface area contributed by atoms with Gasteiger partial charge >= 0.3 is 0 Å². The molecule has 0 fully saturated rings. The predicted octanol–water partition coefficient (Wildman–Crippen LogP) is 2.00. The first kappa shape index (κ1) is 11.3. The predicted molar refractivity (Wildman–Crippen MR) is 70.2 cm³/mol. The van der Waals surface area contributed by atoms with Gasteiger partial charge in [-0.1, -0.05) is 6.92 Å². The minimum Gasteiger partial charge on any atom is -0.306 e. The van der Waals surface area contributed by atoms with Crippen molar-refractivity contribution in [2.45, 2.75) is 13.3 Å². The Morgan fingerprint density at radius 1 is 1.50 bits per heavy atom. The number of aromatic amines is 1. The summed E-state index contributed by atoms with van der Waals surface area (Å²) in [6.45, 7) is 1.98. The smallest absolute Gasteiger partial charge is 0.264 e. The zero-order valence-electron chi connectivity index (χ0n) is 8.70. The first-order valence-corrected chi connectivity index (χ1v) is 5.99. The van der Waals surface area contributed by atoms with Crippen LogP contribution in [0.15, 0.2) is 29.3 Å². The second-order valence-corrected chi connectivity index (χ2v) is 4.35. The van der Waals surface area contributed by atoms with Crippen LogP contribution in [0.1, 0.15) is 12.6 Å². The number of hydrogen-bond donors (Lipinski definition) is 1. The van der Waals surface area contributed by atoms with Crippen LogP contribution in [0.25, 0.3) is 11.4 Å². The van der Waals surface area contributed by atoms with E-state index >= 15 is 0 Å². The third-order valence-corrected chi connectivity index (χ3v) is 3.31. The Kier molecular flexibility index (Phi) is 3.33. The molecule has 82 valence electrons. The number of nitrogens with zero attached hydrogens (tertiary/aromatic N) is 2. The van der Waals surface area contributed by atoms with Gasteiger partial charge in [0.05, 0.1) is 9.26 Å². The van der Waals surface area contributed by atoms with Crippen LogP contribution in [0.4, 0.5) is 0 Å². The molecule has 2 aromatic heterocycles. The minimum atomic E-state index is -0.0914. The largest absolute Gasteiger partial charge is 0.306 e. The molecule has 2 aromatic rings. The average molecular weight is 327 g/mol. The number of aryl methyl sites for hydroxylation is 1. The average Bonchev–Trinajstić information content (AvgIpc) is 2.33. The molecule has 5 heteroatoms. The first-order chi connectivity index (χ1) is 7.72. The van der Waals surface area contributed by atoms with Crippen molar-refractivity contribution in [2.24, 2.45) is 0 Å². The minimum absolute atomic E-state index is 0.0914. The number of aromatic nitrogens is 3. The maximum atomic E-state index is 11.7. The van der Waals surface area contributed by atoms with Crippen molar-refractivity contribution in [3.63, 3.8) is 0 Å². The molecule has 4 nitrogen and oxygen atoms in total. The summed E-state index contributed by atoms with van der Waals surface area (Å²) in [4.78, 5) is 22.8. The SMILES string of the molecule is CCc1nc(-c2cccnc2)[nH]c(=O)c1I. The van der Waals surface area contributed by atoms with Crippen molar-refractivity contribution in [1.82, 2.24) is 15.0 Å². The Bertz CT molecular complexity index is 551. The second-order valence-electron chi connectivity index (χ2n) is 3.27. The van der Waals surface area contributed by atoms with Gasteiger partial charge < -0.3 is 4.98 Å². The molecule has 0 unspecified atom stereocenters. The molecule has 0 bridgehead atoms. The molecule has 0 aliphatic carbocycles. The maximum absolute atomic E-state index is 11.7. The highest BCUT2D eigenvalue weighted by molar-refractivity contribution is 14.1. The zero-order chi connectivity index (χ0) is 11.5. The summed E-state index contributed by atoms with van der Waals surface area (Å²) in [5.41, 5.74) is 1.56. The van der Waals surface area contributed by atoms with E-state index in [4.69, 9.17) is 0 Å². The van der Waals surface area contributed by atoms with Crippen LogP contribution in [0.3, 0.4) is 0 Å². The van der Waals surface area contributed by atoms with E-state index in [1.54, 1.807) is 12.4 Å². The van der Waals surface area contributed by atoms with Gasteiger partial charge in [-0.2, -0.15) is 0 Å². The van der Waals surface area contributed by atoms with E-state index in [0.717, 1.165) is 17.7 Å². The molecule has 1 N–H and O–H groups in total. The molecule has 0 aliphatic heterocycles. The van der Waals surface area contributed by atoms with Gasteiger partial charge in [-0.3, -0.25) is 9.78 Å².